The van der Waals surface area contributed by atoms with E-state index in [1.807, 2.05) is 24.3 Å². The SMILES string of the molecule is CC(O)C1(NC(=O)CCN2c3ccccc3Sc3ccccc32)CC1. The summed E-state index contributed by atoms with van der Waals surface area (Å²) in [6.07, 6.45) is 1.64. The lowest BCUT2D eigenvalue weighted by molar-refractivity contribution is -0.122. The molecule has 1 aliphatic carbocycles. The van der Waals surface area contributed by atoms with Crippen molar-refractivity contribution < 1.29 is 9.90 Å². The molecule has 2 N–H and O–H groups in total. The van der Waals surface area contributed by atoms with Crippen molar-refractivity contribution in [1.29, 1.82) is 0 Å². The van der Waals surface area contributed by atoms with E-state index in [1.165, 1.54) is 9.79 Å². The van der Waals surface area contributed by atoms with Gasteiger partial charge in [-0.15, -0.1) is 0 Å². The van der Waals surface area contributed by atoms with Gasteiger partial charge in [0.1, 0.15) is 0 Å². The Balaban J connectivity index is 1.51. The summed E-state index contributed by atoms with van der Waals surface area (Å²) in [5, 5.41) is 12.9. The summed E-state index contributed by atoms with van der Waals surface area (Å²) >= 11 is 1.77. The Kier molecular flexibility index (Phi) is 4.21. The zero-order valence-corrected chi connectivity index (χ0v) is 15.1. The highest BCUT2D eigenvalue weighted by atomic mass is 32.2. The maximum atomic E-state index is 12.4. The highest BCUT2D eigenvalue weighted by Crippen LogP contribution is 2.47. The summed E-state index contributed by atoms with van der Waals surface area (Å²) in [7, 11) is 0. The average molecular weight is 354 g/mol. The van der Waals surface area contributed by atoms with Crippen LogP contribution in [-0.2, 0) is 4.79 Å². The quantitative estimate of drug-likeness (QED) is 0.859. The molecule has 1 heterocycles. The molecule has 2 aliphatic rings. The van der Waals surface area contributed by atoms with Crippen LogP contribution in [0.1, 0.15) is 26.2 Å². The standard InChI is InChI=1S/C20H22N2O2S/c1-14(23)20(11-12-20)21-19(24)10-13-22-15-6-2-4-8-17(15)25-18-9-5-3-7-16(18)22/h2-9,14,23H,10-13H2,1H3,(H,21,24). The minimum absolute atomic E-state index is 0.00610. The predicted octanol–water partition coefficient (Wildman–Crippen LogP) is 3.71. The van der Waals surface area contributed by atoms with Crippen LogP contribution >= 0.6 is 11.8 Å². The molecule has 2 aromatic carbocycles. The Morgan fingerprint density at radius 1 is 1.16 bits per heavy atom. The molecular weight excluding hydrogens is 332 g/mol. The fourth-order valence-electron chi connectivity index (χ4n) is 3.36. The molecule has 4 rings (SSSR count). The number of nitrogens with one attached hydrogen (secondary N) is 1. The van der Waals surface area contributed by atoms with Crippen molar-refractivity contribution in [2.75, 3.05) is 11.4 Å². The van der Waals surface area contributed by atoms with Crippen molar-refractivity contribution in [1.82, 2.24) is 5.32 Å². The lowest BCUT2D eigenvalue weighted by Crippen LogP contribution is -2.45. The molecule has 2 aromatic rings. The van der Waals surface area contributed by atoms with Gasteiger partial charge in [-0.3, -0.25) is 4.79 Å². The van der Waals surface area contributed by atoms with Crippen LogP contribution in [-0.4, -0.2) is 29.2 Å². The van der Waals surface area contributed by atoms with E-state index in [-0.39, 0.29) is 11.4 Å². The average Bonchev–Trinajstić information content (AvgIpc) is 3.39. The third kappa shape index (κ3) is 3.14. The van der Waals surface area contributed by atoms with Crippen molar-refractivity contribution in [3.63, 3.8) is 0 Å². The number of carbonyl (C=O) groups is 1. The number of fused-ring (bicyclic) bond motifs is 2. The molecule has 0 spiro atoms. The molecule has 5 heteroatoms. The van der Waals surface area contributed by atoms with E-state index in [0.717, 1.165) is 24.2 Å². The van der Waals surface area contributed by atoms with Gasteiger partial charge >= 0.3 is 0 Å². The predicted molar refractivity (Wildman–Crippen MR) is 100 cm³/mol. The summed E-state index contributed by atoms with van der Waals surface area (Å²) < 4.78 is 0. The topological polar surface area (TPSA) is 52.6 Å². The Morgan fingerprint density at radius 3 is 2.24 bits per heavy atom. The normalized spacial score (nSPS) is 18.1. The van der Waals surface area contributed by atoms with E-state index in [2.05, 4.69) is 34.5 Å². The first-order chi connectivity index (χ1) is 12.1. The van der Waals surface area contributed by atoms with Crippen molar-refractivity contribution in [2.45, 2.75) is 47.6 Å². The molecule has 1 aliphatic heterocycles. The Morgan fingerprint density at radius 2 is 1.72 bits per heavy atom. The number of para-hydroxylation sites is 2. The van der Waals surface area contributed by atoms with Gasteiger partial charge < -0.3 is 15.3 Å². The van der Waals surface area contributed by atoms with Gasteiger partial charge in [0.2, 0.25) is 5.91 Å². The number of aliphatic hydroxyl groups excluding tert-OH is 1. The maximum Gasteiger partial charge on any atom is 0.222 e. The van der Waals surface area contributed by atoms with Crippen molar-refractivity contribution >= 4 is 29.0 Å². The Hall–Kier alpha value is -1.98. The molecule has 25 heavy (non-hydrogen) atoms. The first kappa shape index (κ1) is 16.5. The lowest BCUT2D eigenvalue weighted by Gasteiger charge is -2.32. The van der Waals surface area contributed by atoms with Crippen LogP contribution in [0.3, 0.4) is 0 Å². The van der Waals surface area contributed by atoms with Gasteiger partial charge in [-0.2, -0.15) is 0 Å². The molecule has 0 radical (unpaired) electrons. The summed E-state index contributed by atoms with van der Waals surface area (Å²) in [5.41, 5.74) is 1.91. The first-order valence-electron chi connectivity index (χ1n) is 8.72. The zero-order valence-electron chi connectivity index (χ0n) is 14.2. The number of carbonyl (C=O) groups excluding carboxylic acids is 1. The molecule has 0 bridgehead atoms. The third-order valence-electron chi connectivity index (χ3n) is 5.07. The van der Waals surface area contributed by atoms with Crippen molar-refractivity contribution in [2.24, 2.45) is 0 Å². The summed E-state index contributed by atoms with van der Waals surface area (Å²) in [6, 6.07) is 16.6. The van der Waals surface area contributed by atoms with Gasteiger partial charge in [-0.25, -0.2) is 0 Å². The first-order valence-corrected chi connectivity index (χ1v) is 9.53. The highest BCUT2D eigenvalue weighted by Gasteiger charge is 2.48. The number of hydrogen-bond donors (Lipinski definition) is 2. The summed E-state index contributed by atoms with van der Waals surface area (Å²) in [4.78, 5) is 17.1. The molecule has 1 saturated carbocycles. The van der Waals surface area contributed by atoms with E-state index >= 15 is 0 Å². The largest absolute Gasteiger partial charge is 0.391 e. The van der Waals surface area contributed by atoms with Gasteiger partial charge in [0.05, 0.1) is 23.0 Å². The Labute approximate surface area is 152 Å². The van der Waals surface area contributed by atoms with Crippen LogP contribution in [0.15, 0.2) is 58.3 Å². The lowest BCUT2D eigenvalue weighted by atomic mass is 10.1. The van der Waals surface area contributed by atoms with E-state index in [9.17, 15) is 9.90 Å². The smallest absolute Gasteiger partial charge is 0.222 e. The number of anilines is 2. The molecule has 1 atom stereocenters. The minimum atomic E-state index is -0.496. The summed E-state index contributed by atoms with van der Waals surface area (Å²) in [5.74, 6) is 0.00610. The molecule has 130 valence electrons. The monoisotopic (exact) mass is 354 g/mol. The summed E-state index contributed by atoms with van der Waals surface area (Å²) in [6.45, 7) is 2.37. The molecule has 1 unspecified atom stereocenters. The Bertz CT molecular complexity index is 756. The van der Waals surface area contributed by atoms with Gasteiger partial charge in [0, 0.05) is 22.8 Å². The number of nitrogens with zero attached hydrogens (tertiary/aromatic N) is 1. The number of amides is 1. The van der Waals surface area contributed by atoms with Crippen LogP contribution < -0.4 is 10.2 Å². The number of benzene rings is 2. The fraction of sp³-hybridized carbons (Fsp3) is 0.350. The van der Waals surface area contributed by atoms with Crippen molar-refractivity contribution in [3.8, 4) is 0 Å². The second-order valence-corrected chi connectivity index (χ2v) is 7.90. The number of hydrogen-bond acceptors (Lipinski definition) is 4. The van der Waals surface area contributed by atoms with Gasteiger partial charge in [-0.05, 0) is 44.0 Å². The van der Waals surface area contributed by atoms with Crippen LogP contribution in [0, 0.1) is 0 Å². The van der Waals surface area contributed by atoms with Crippen LogP contribution in [0.5, 0.6) is 0 Å². The second-order valence-electron chi connectivity index (χ2n) is 6.82. The molecule has 0 aromatic heterocycles. The number of aliphatic hydroxyl groups is 1. The van der Waals surface area contributed by atoms with Crippen LogP contribution in [0.4, 0.5) is 11.4 Å². The molecule has 1 fully saturated rings. The molecule has 4 nitrogen and oxygen atoms in total. The van der Waals surface area contributed by atoms with Crippen LogP contribution in [0.2, 0.25) is 0 Å². The second kappa shape index (κ2) is 6.39. The van der Waals surface area contributed by atoms with E-state index < -0.39 is 6.10 Å². The maximum absolute atomic E-state index is 12.4. The van der Waals surface area contributed by atoms with Gasteiger partial charge in [-0.1, -0.05) is 36.0 Å². The third-order valence-corrected chi connectivity index (χ3v) is 6.20. The molecular formula is C20H22N2O2S. The van der Waals surface area contributed by atoms with Crippen molar-refractivity contribution in [3.05, 3.63) is 48.5 Å². The highest BCUT2D eigenvalue weighted by molar-refractivity contribution is 7.99. The van der Waals surface area contributed by atoms with Crippen LogP contribution in [0.25, 0.3) is 0 Å². The molecule has 0 saturated heterocycles. The fourth-order valence-corrected chi connectivity index (χ4v) is 4.45. The van der Waals surface area contributed by atoms with E-state index in [1.54, 1.807) is 18.7 Å². The minimum Gasteiger partial charge on any atom is -0.391 e. The van der Waals surface area contributed by atoms with Gasteiger partial charge in [0.25, 0.3) is 0 Å². The molecule has 1 amide bonds. The van der Waals surface area contributed by atoms with E-state index in [0.29, 0.717) is 13.0 Å². The zero-order chi connectivity index (χ0) is 17.4. The number of rotatable bonds is 5. The van der Waals surface area contributed by atoms with Gasteiger partial charge in [0.15, 0.2) is 0 Å². The van der Waals surface area contributed by atoms with E-state index in [4.69, 9.17) is 0 Å².